The number of anilines is 2. The molecule has 4 rings (SSSR count). The van der Waals surface area contributed by atoms with Gasteiger partial charge in [0.2, 0.25) is 0 Å². The number of carbonyl (C=O) groups is 1. The van der Waals surface area contributed by atoms with Gasteiger partial charge in [0.1, 0.15) is 24.0 Å². The summed E-state index contributed by atoms with van der Waals surface area (Å²) in [4.78, 5) is 23.1. The number of benzene rings is 1. The topological polar surface area (TPSA) is 75.9 Å². The molecule has 0 aliphatic carbocycles. The highest BCUT2D eigenvalue weighted by molar-refractivity contribution is 6.01. The van der Waals surface area contributed by atoms with Gasteiger partial charge in [0, 0.05) is 25.0 Å². The summed E-state index contributed by atoms with van der Waals surface area (Å²) in [7, 11) is 1.86. The van der Waals surface area contributed by atoms with Crippen molar-refractivity contribution >= 4 is 28.4 Å². The zero-order valence-electron chi connectivity index (χ0n) is 13.6. The Morgan fingerprint density at radius 2 is 2.08 bits per heavy atom. The Morgan fingerprint density at radius 1 is 1.25 bits per heavy atom. The Kier molecular flexibility index (Phi) is 3.41. The zero-order valence-corrected chi connectivity index (χ0v) is 13.6. The third-order valence-electron chi connectivity index (χ3n) is 4.31. The number of carbonyl (C=O) groups excluding carboxylic acids is 1. The molecule has 1 amide bonds. The molecule has 1 aromatic carbocycles. The summed E-state index contributed by atoms with van der Waals surface area (Å²) in [6.07, 6.45) is 2.24. The molecule has 1 atom stereocenters. The van der Waals surface area contributed by atoms with Crippen LogP contribution in [0.2, 0.25) is 0 Å². The molecule has 0 spiro atoms. The minimum atomic E-state index is -0.293. The molecule has 3 aromatic rings. The van der Waals surface area contributed by atoms with Crippen molar-refractivity contribution < 1.29 is 4.79 Å². The average molecular weight is 322 g/mol. The van der Waals surface area contributed by atoms with Crippen molar-refractivity contribution in [2.24, 2.45) is 7.05 Å². The highest BCUT2D eigenvalue weighted by atomic mass is 16.2. The van der Waals surface area contributed by atoms with Crippen LogP contribution in [0.3, 0.4) is 0 Å². The predicted molar refractivity (Wildman–Crippen MR) is 91.9 cm³/mol. The second-order valence-corrected chi connectivity index (χ2v) is 5.98. The van der Waals surface area contributed by atoms with E-state index in [-0.39, 0.29) is 11.9 Å². The van der Waals surface area contributed by atoms with Gasteiger partial charge >= 0.3 is 0 Å². The fraction of sp³-hybridized carbons (Fsp3) is 0.294. The van der Waals surface area contributed by atoms with Gasteiger partial charge in [-0.25, -0.2) is 9.97 Å². The quantitative estimate of drug-likeness (QED) is 0.797. The Bertz CT molecular complexity index is 913. The number of amides is 1. The van der Waals surface area contributed by atoms with Gasteiger partial charge in [0.25, 0.3) is 5.91 Å². The summed E-state index contributed by atoms with van der Waals surface area (Å²) < 4.78 is 1.75. The third kappa shape index (κ3) is 2.38. The molecule has 1 fully saturated rings. The minimum absolute atomic E-state index is 0.0423. The summed E-state index contributed by atoms with van der Waals surface area (Å²) in [5.41, 5.74) is 1.76. The highest BCUT2D eigenvalue weighted by Gasteiger charge is 2.34. The average Bonchev–Trinajstić information content (AvgIpc) is 3.10. The van der Waals surface area contributed by atoms with E-state index < -0.39 is 0 Å². The van der Waals surface area contributed by atoms with Gasteiger partial charge < -0.3 is 5.32 Å². The van der Waals surface area contributed by atoms with Crippen LogP contribution in [0.5, 0.6) is 0 Å². The molecular weight excluding hydrogens is 304 g/mol. The van der Waals surface area contributed by atoms with Gasteiger partial charge in [-0.15, -0.1) is 0 Å². The second-order valence-electron chi connectivity index (χ2n) is 5.98. The monoisotopic (exact) mass is 322 g/mol. The van der Waals surface area contributed by atoms with Crippen molar-refractivity contribution in [3.05, 3.63) is 42.4 Å². The van der Waals surface area contributed by atoms with E-state index in [2.05, 4.69) is 20.4 Å². The van der Waals surface area contributed by atoms with E-state index in [1.165, 1.54) is 6.33 Å². The molecule has 7 nitrogen and oxygen atoms in total. The molecule has 7 heteroatoms. The number of para-hydroxylation sites is 1. The maximum Gasteiger partial charge on any atom is 0.250 e. The number of aromatic nitrogens is 4. The fourth-order valence-corrected chi connectivity index (χ4v) is 3.18. The molecule has 122 valence electrons. The van der Waals surface area contributed by atoms with Gasteiger partial charge in [0.05, 0.1) is 11.2 Å². The maximum absolute atomic E-state index is 12.8. The summed E-state index contributed by atoms with van der Waals surface area (Å²) in [6, 6.07) is 9.41. The van der Waals surface area contributed by atoms with Crippen molar-refractivity contribution in [3.8, 4) is 0 Å². The van der Waals surface area contributed by atoms with Crippen LogP contribution in [-0.2, 0) is 11.8 Å². The van der Waals surface area contributed by atoms with Crippen LogP contribution in [0.25, 0.3) is 10.9 Å². The summed E-state index contributed by atoms with van der Waals surface area (Å²) >= 11 is 0. The van der Waals surface area contributed by atoms with Crippen molar-refractivity contribution in [2.75, 3.05) is 16.8 Å². The van der Waals surface area contributed by atoms with Crippen LogP contribution in [-0.4, -0.2) is 38.2 Å². The van der Waals surface area contributed by atoms with Crippen LogP contribution in [0, 0.1) is 6.92 Å². The van der Waals surface area contributed by atoms with Crippen LogP contribution in [0.1, 0.15) is 12.1 Å². The lowest BCUT2D eigenvalue weighted by Gasteiger charge is -2.17. The second kappa shape index (κ2) is 5.59. The number of hydrogen-bond acceptors (Lipinski definition) is 5. The van der Waals surface area contributed by atoms with Crippen LogP contribution in [0.15, 0.2) is 36.7 Å². The van der Waals surface area contributed by atoms with E-state index in [4.69, 9.17) is 0 Å². The number of hydrogen-bond donors (Lipinski definition) is 1. The van der Waals surface area contributed by atoms with Crippen LogP contribution >= 0.6 is 0 Å². The smallest absolute Gasteiger partial charge is 0.250 e. The largest absolute Gasteiger partial charge is 0.358 e. The molecule has 1 aliphatic rings. The van der Waals surface area contributed by atoms with E-state index in [1.807, 2.05) is 44.3 Å². The Morgan fingerprint density at radius 3 is 2.88 bits per heavy atom. The van der Waals surface area contributed by atoms with Crippen molar-refractivity contribution in [1.29, 1.82) is 0 Å². The van der Waals surface area contributed by atoms with Crippen LogP contribution < -0.4 is 10.2 Å². The number of nitrogens with zero attached hydrogens (tertiary/aromatic N) is 5. The molecule has 24 heavy (non-hydrogen) atoms. The first-order chi connectivity index (χ1) is 11.6. The van der Waals surface area contributed by atoms with E-state index in [1.54, 1.807) is 9.58 Å². The lowest BCUT2D eigenvalue weighted by atomic mass is 10.2. The van der Waals surface area contributed by atoms with Gasteiger partial charge in [-0.2, -0.15) is 5.10 Å². The molecule has 0 saturated carbocycles. The number of fused-ring (bicyclic) bond motifs is 1. The van der Waals surface area contributed by atoms with E-state index in [9.17, 15) is 4.79 Å². The van der Waals surface area contributed by atoms with E-state index in [0.717, 1.165) is 28.8 Å². The molecule has 1 aliphatic heterocycles. The molecule has 1 unspecified atom stereocenters. The van der Waals surface area contributed by atoms with Gasteiger partial charge in [-0.05, 0) is 25.5 Å². The molecule has 1 N–H and O–H groups in total. The molecule has 0 bridgehead atoms. The number of rotatable bonds is 3. The first-order valence-corrected chi connectivity index (χ1v) is 7.92. The van der Waals surface area contributed by atoms with E-state index in [0.29, 0.717) is 12.4 Å². The fourth-order valence-electron chi connectivity index (χ4n) is 3.18. The Hall–Kier alpha value is -2.96. The van der Waals surface area contributed by atoms with Gasteiger partial charge in [-0.1, -0.05) is 12.1 Å². The summed E-state index contributed by atoms with van der Waals surface area (Å²) in [5.74, 6) is 1.57. The zero-order chi connectivity index (χ0) is 16.7. The first kappa shape index (κ1) is 14.6. The van der Waals surface area contributed by atoms with Crippen molar-refractivity contribution in [3.63, 3.8) is 0 Å². The predicted octanol–water partition coefficient (Wildman–Crippen LogP) is 1.89. The first-order valence-electron chi connectivity index (χ1n) is 7.92. The molecule has 0 radical (unpaired) electrons. The normalized spacial score (nSPS) is 17.7. The Labute approximate surface area is 139 Å². The SMILES string of the molecule is Cc1cc(N2CCC(Nc3ncnc4ccccc34)C2=O)n(C)n1. The van der Waals surface area contributed by atoms with Gasteiger partial charge in [0.15, 0.2) is 0 Å². The van der Waals surface area contributed by atoms with Gasteiger partial charge in [-0.3, -0.25) is 14.4 Å². The summed E-state index contributed by atoms with van der Waals surface area (Å²) in [6.45, 7) is 2.59. The molecule has 2 aromatic heterocycles. The van der Waals surface area contributed by atoms with Crippen molar-refractivity contribution in [1.82, 2.24) is 19.7 Å². The number of aryl methyl sites for hydroxylation is 2. The molecule has 1 saturated heterocycles. The standard InChI is InChI=1S/C17H18N6O/c1-11-9-15(22(2)21-11)23-8-7-14(17(23)24)20-16-12-5-3-4-6-13(12)18-10-19-16/h3-6,9-10,14H,7-8H2,1-2H3,(H,18,19,20). The maximum atomic E-state index is 12.8. The summed E-state index contributed by atoms with van der Waals surface area (Å²) in [5, 5.41) is 8.53. The third-order valence-corrected chi connectivity index (χ3v) is 4.31. The van der Waals surface area contributed by atoms with Crippen LogP contribution in [0.4, 0.5) is 11.6 Å². The van der Waals surface area contributed by atoms with E-state index >= 15 is 0 Å². The lowest BCUT2D eigenvalue weighted by Crippen LogP contribution is -2.34. The number of nitrogens with one attached hydrogen (secondary N) is 1. The Balaban J connectivity index is 1.60. The minimum Gasteiger partial charge on any atom is -0.358 e. The molecular formula is C17H18N6O. The van der Waals surface area contributed by atoms with Crippen molar-refractivity contribution in [2.45, 2.75) is 19.4 Å². The highest BCUT2D eigenvalue weighted by Crippen LogP contribution is 2.25. The molecule has 3 heterocycles. The lowest BCUT2D eigenvalue weighted by molar-refractivity contribution is -0.117.